The Morgan fingerprint density at radius 1 is 1.21 bits per heavy atom. The molecule has 2 heterocycles. The molecule has 0 spiro atoms. The summed E-state index contributed by atoms with van der Waals surface area (Å²) in [6, 6.07) is 7.07. The van der Waals surface area contributed by atoms with E-state index in [1.54, 1.807) is 0 Å². The van der Waals surface area contributed by atoms with Gasteiger partial charge in [0, 0.05) is 49.7 Å². The molecule has 28 heavy (non-hydrogen) atoms. The molecule has 1 amide bonds. The van der Waals surface area contributed by atoms with Gasteiger partial charge in [-0.25, -0.2) is 8.78 Å². The number of halogens is 2. The Hall–Kier alpha value is -2.25. The molecule has 0 radical (unpaired) electrons. The van der Waals surface area contributed by atoms with Crippen molar-refractivity contribution < 1.29 is 13.6 Å². The first-order valence-electron chi connectivity index (χ1n) is 9.86. The highest BCUT2D eigenvalue weighted by atomic mass is 19.1. The SMILES string of the molecule is CCN(CC)CCNC(=O)CN1CCn2cccc2C1c1ccc(F)cc1F. The number of carbonyl (C=O) groups is 1. The number of carbonyl (C=O) groups excluding carboxylic acids is 1. The van der Waals surface area contributed by atoms with Gasteiger partial charge in [0.2, 0.25) is 5.91 Å². The molecule has 1 atom stereocenters. The predicted octanol–water partition coefficient (Wildman–Crippen LogP) is 2.63. The summed E-state index contributed by atoms with van der Waals surface area (Å²) in [5.41, 5.74) is 1.30. The number of hydrogen-bond donors (Lipinski definition) is 1. The van der Waals surface area contributed by atoms with Gasteiger partial charge in [-0.1, -0.05) is 19.9 Å². The molecule has 152 valence electrons. The van der Waals surface area contributed by atoms with Gasteiger partial charge < -0.3 is 14.8 Å². The van der Waals surface area contributed by atoms with Crippen molar-refractivity contribution in [3.8, 4) is 0 Å². The molecule has 1 aromatic heterocycles. The molecular formula is C21H28F2N4O. The summed E-state index contributed by atoms with van der Waals surface area (Å²) >= 11 is 0. The van der Waals surface area contributed by atoms with E-state index in [0.717, 1.165) is 37.9 Å². The van der Waals surface area contributed by atoms with Crippen LogP contribution in [0, 0.1) is 11.6 Å². The molecule has 7 heteroatoms. The van der Waals surface area contributed by atoms with Crippen LogP contribution in [0.4, 0.5) is 8.78 Å². The van der Waals surface area contributed by atoms with Crippen molar-refractivity contribution >= 4 is 5.91 Å². The summed E-state index contributed by atoms with van der Waals surface area (Å²) in [5, 5.41) is 2.96. The van der Waals surface area contributed by atoms with Crippen molar-refractivity contribution in [2.75, 3.05) is 39.3 Å². The van der Waals surface area contributed by atoms with Gasteiger partial charge in [-0.15, -0.1) is 0 Å². The molecule has 1 aliphatic heterocycles. The van der Waals surface area contributed by atoms with Gasteiger partial charge in [-0.05, 0) is 31.3 Å². The molecule has 1 N–H and O–H groups in total. The lowest BCUT2D eigenvalue weighted by Crippen LogP contribution is -2.45. The minimum Gasteiger partial charge on any atom is -0.354 e. The Labute approximate surface area is 164 Å². The molecule has 1 aromatic carbocycles. The Morgan fingerprint density at radius 3 is 2.71 bits per heavy atom. The van der Waals surface area contributed by atoms with Crippen LogP contribution in [0.1, 0.15) is 31.1 Å². The van der Waals surface area contributed by atoms with Gasteiger partial charge in [0.15, 0.2) is 0 Å². The van der Waals surface area contributed by atoms with Crippen LogP contribution in [0.5, 0.6) is 0 Å². The summed E-state index contributed by atoms with van der Waals surface area (Å²) in [7, 11) is 0. The van der Waals surface area contributed by atoms with E-state index < -0.39 is 17.7 Å². The number of nitrogens with one attached hydrogen (secondary N) is 1. The van der Waals surface area contributed by atoms with Crippen molar-refractivity contribution in [1.29, 1.82) is 0 Å². The Kier molecular flexibility index (Phi) is 6.80. The largest absolute Gasteiger partial charge is 0.354 e. The van der Waals surface area contributed by atoms with Crippen molar-refractivity contribution in [1.82, 2.24) is 19.7 Å². The first-order chi connectivity index (χ1) is 13.5. The van der Waals surface area contributed by atoms with E-state index in [1.807, 2.05) is 23.2 Å². The number of amides is 1. The summed E-state index contributed by atoms with van der Waals surface area (Å²) in [6.07, 6.45) is 1.95. The number of rotatable bonds is 8. The van der Waals surface area contributed by atoms with Crippen molar-refractivity contribution in [2.24, 2.45) is 0 Å². The summed E-state index contributed by atoms with van der Waals surface area (Å²) in [5.74, 6) is -1.28. The topological polar surface area (TPSA) is 40.5 Å². The van der Waals surface area contributed by atoms with E-state index in [-0.39, 0.29) is 12.5 Å². The molecule has 1 unspecified atom stereocenters. The third kappa shape index (κ3) is 4.59. The third-order valence-corrected chi connectivity index (χ3v) is 5.39. The molecule has 1 aliphatic rings. The maximum Gasteiger partial charge on any atom is 0.234 e. The lowest BCUT2D eigenvalue weighted by molar-refractivity contribution is -0.123. The fourth-order valence-electron chi connectivity index (χ4n) is 3.81. The van der Waals surface area contributed by atoms with Gasteiger partial charge in [0.05, 0.1) is 12.6 Å². The van der Waals surface area contributed by atoms with Crippen LogP contribution in [0.15, 0.2) is 36.5 Å². The number of likely N-dealkylation sites (N-methyl/N-ethyl adjacent to an activating group) is 1. The van der Waals surface area contributed by atoms with Gasteiger partial charge in [0.1, 0.15) is 11.6 Å². The van der Waals surface area contributed by atoms with Crippen LogP contribution < -0.4 is 5.32 Å². The van der Waals surface area contributed by atoms with E-state index in [4.69, 9.17) is 0 Å². The summed E-state index contributed by atoms with van der Waals surface area (Å²) in [6.45, 7) is 8.98. The average Bonchev–Trinajstić information content (AvgIpc) is 3.15. The maximum atomic E-state index is 14.5. The molecule has 0 fully saturated rings. The highest BCUT2D eigenvalue weighted by Gasteiger charge is 2.31. The van der Waals surface area contributed by atoms with Crippen molar-refractivity contribution in [3.63, 3.8) is 0 Å². The molecule has 0 bridgehead atoms. The highest BCUT2D eigenvalue weighted by Crippen LogP contribution is 2.33. The average molecular weight is 390 g/mol. The van der Waals surface area contributed by atoms with Crippen LogP contribution in [-0.4, -0.2) is 59.5 Å². The van der Waals surface area contributed by atoms with Crippen LogP contribution in [0.2, 0.25) is 0 Å². The zero-order valence-corrected chi connectivity index (χ0v) is 16.5. The van der Waals surface area contributed by atoms with Crippen molar-refractivity contribution in [3.05, 3.63) is 59.4 Å². The van der Waals surface area contributed by atoms with E-state index in [1.165, 1.54) is 12.1 Å². The van der Waals surface area contributed by atoms with Gasteiger partial charge in [-0.2, -0.15) is 0 Å². The second-order valence-electron chi connectivity index (χ2n) is 7.04. The second-order valence-corrected chi connectivity index (χ2v) is 7.04. The van der Waals surface area contributed by atoms with Crippen LogP contribution in [0.3, 0.4) is 0 Å². The molecule has 0 aliphatic carbocycles. The van der Waals surface area contributed by atoms with Crippen LogP contribution in [0.25, 0.3) is 0 Å². The second kappa shape index (κ2) is 9.30. The third-order valence-electron chi connectivity index (χ3n) is 5.39. The Morgan fingerprint density at radius 2 is 2.00 bits per heavy atom. The zero-order chi connectivity index (χ0) is 20.1. The fourth-order valence-corrected chi connectivity index (χ4v) is 3.81. The summed E-state index contributed by atoms with van der Waals surface area (Å²) < 4.78 is 30.0. The maximum absolute atomic E-state index is 14.5. The molecule has 0 saturated heterocycles. The van der Waals surface area contributed by atoms with Gasteiger partial charge in [0.25, 0.3) is 0 Å². The standard InChI is InChI=1S/C21H28F2N4O/c1-3-25(4-2)11-9-24-20(28)15-27-13-12-26-10-5-6-19(26)21(27)17-8-7-16(22)14-18(17)23/h5-8,10,14,21H,3-4,9,11-13,15H2,1-2H3,(H,24,28). The molecular weight excluding hydrogens is 362 g/mol. The van der Waals surface area contributed by atoms with E-state index in [0.29, 0.717) is 18.7 Å². The first kappa shape index (κ1) is 20.5. The number of nitrogens with zero attached hydrogens (tertiary/aromatic N) is 3. The summed E-state index contributed by atoms with van der Waals surface area (Å²) in [4.78, 5) is 16.7. The molecule has 3 rings (SSSR count). The normalized spacial score (nSPS) is 17.0. The van der Waals surface area contributed by atoms with Gasteiger partial charge in [-0.3, -0.25) is 9.69 Å². The minimum atomic E-state index is -0.604. The van der Waals surface area contributed by atoms with E-state index >= 15 is 0 Å². The number of fused-ring (bicyclic) bond motifs is 1. The first-order valence-corrected chi connectivity index (χ1v) is 9.86. The molecule has 5 nitrogen and oxygen atoms in total. The van der Waals surface area contributed by atoms with Crippen LogP contribution in [-0.2, 0) is 11.3 Å². The lowest BCUT2D eigenvalue weighted by atomic mass is 9.99. The lowest BCUT2D eigenvalue weighted by Gasteiger charge is -2.37. The quantitative estimate of drug-likeness (QED) is 0.753. The monoisotopic (exact) mass is 390 g/mol. The molecule has 0 saturated carbocycles. The highest BCUT2D eigenvalue weighted by molar-refractivity contribution is 5.78. The number of benzene rings is 1. The Bertz CT molecular complexity index is 803. The number of aromatic nitrogens is 1. The van der Waals surface area contributed by atoms with Crippen molar-refractivity contribution in [2.45, 2.75) is 26.4 Å². The van der Waals surface area contributed by atoms with Crippen LogP contribution >= 0.6 is 0 Å². The Balaban J connectivity index is 1.73. The fraction of sp³-hybridized carbons (Fsp3) is 0.476. The smallest absolute Gasteiger partial charge is 0.234 e. The minimum absolute atomic E-state index is 0.0836. The van der Waals surface area contributed by atoms with E-state index in [9.17, 15) is 13.6 Å². The number of hydrogen-bond acceptors (Lipinski definition) is 3. The predicted molar refractivity (Wildman–Crippen MR) is 105 cm³/mol. The van der Waals surface area contributed by atoms with E-state index in [2.05, 4.69) is 28.6 Å². The zero-order valence-electron chi connectivity index (χ0n) is 16.5. The van der Waals surface area contributed by atoms with Gasteiger partial charge >= 0.3 is 0 Å². The molecule has 2 aromatic rings.